The zero-order chi connectivity index (χ0) is 19.8. The molecule has 1 fully saturated rings. The first-order valence-corrected chi connectivity index (χ1v) is 10.0. The maximum Gasteiger partial charge on any atom is 0.249 e. The van der Waals surface area contributed by atoms with Gasteiger partial charge in [-0.05, 0) is 43.0 Å². The van der Waals surface area contributed by atoms with Gasteiger partial charge in [-0.25, -0.2) is 4.68 Å². The van der Waals surface area contributed by atoms with Gasteiger partial charge in [0.1, 0.15) is 5.82 Å². The molecule has 0 spiro atoms. The lowest BCUT2D eigenvalue weighted by molar-refractivity contribution is -0.111. The molecular weight excluding hydrogens is 354 g/mol. The van der Waals surface area contributed by atoms with E-state index in [0.717, 1.165) is 30.6 Å². The molecule has 6 nitrogen and oxygen atoms in total. The van der Waals surface area contributed by atoms with E-state index in [2.05, 4.69) is 17.3 Å². The summed E-state index contributed by atoms with van der Waals surface area (Å²) in [6.07, 6.45) is 11.9. The Kier molecular flexibility index (Phi) is 7.12. The van der Waals surface area contributed by atoms with Gasteiger partial charge in [0.05, 0.1) is 26.0 Å². The van der Waals surface area contributed by atoms with E-state index >= 15 is 0 Å². The summed E-state index contributed by atoms with van der Waals surface area (Å²) in [7, 11) is 1.61. The zero-order valence-corrected chi connectivity index (χ0v) is 16.7. The zero-order valence-electron chi connectivity index (χ0n) is 16.7. The van der Waals surface area contributed by atoms with Crippen molar-refractivity contribution in [3.63, 3.8) is 0 Å². The Labute approximate surface area is 166 Å². The highest BCUT2D eigenvalue weighted by molar-refractivity contribution is 6.01. The van der Waals surface area contributed by atoms with Crippen LogP contribution in [0.25, 0.3) is 6.08 Å². The average Bonchev–Trinajstić information content (AvgIpc) is 3.19. The van der Waals surface area contributed by atoms with Crippen LogP contribution >= 0.6 is 0 Å². The monoisotopic (exact) mass is 383 g/mol. The molecule has 0 atom stereocenters. The molecule has 1 N–H and O–H groups in total. The summed E-state index contributed by atoms with van der Waals surface area (Å²) in [6, 6.07) is 7.86. The third kappa shape index (κ3) is 5.15. The highest BCUT2D eigenvalue weighted by Gasteiger charge is 2.18. The number of methoxy groups -OCH3 is 1. The van der Waals surface area contributed by atoms with Gasteiger partial charge in [0.25, 0.3) is 0 Å². The topological polar surface area (TPSA) is 65.4 Å². The van der Waals surface area contributed by atoms with E-state index < -0.39 is 0 Å². The van der Waals surface area contributed by atoms with Crippen LogP contribution in [-0.4, -0.2) is 29.4 Å². The first-order valence-electron chi connectivity index (χ1n) is 10.0. The number of aromatic nitrogens is 2. The molecule has 2 aromatic rings. The fraction of sp³-hybridized carbons (Fsp3) is 0.455. The number of amides is 1. The molecule has 1 aromatic carbocycles. The molecule has 1 saturated carbocycles. The minimum atomic E-state index is -0.178. The summed E-state index contributed by atoms with van der Waals surface area (Å²) in [5, 5.41) is 7.36. The number of benzene rings is 1. The van der Waals surface area contributed by atoms with E-state index in [4.69, 9.17) is 9.47 Å². The van der Waals surface area contributed by atoms with Crippen LogP contribution in [-0.2, 0) is 4.79 Å². The van der Waals surface area contributed by atoms with E-state index in [-0.39, 0.29) is 5.91 Å². The minimum Gasteiger partial charge on any atom is -0.493 e. The lowest BCUT2D eigenvalue weighted by Crippen LogP contribution is -2.19. The Balaban J connectivity index is 1.63. The first kappa shape index (κ1) is 20.0. The lowest BCUT2D eigenvalue weighted by Gasteiger charge is -2.23. The molecule has 150 valence electrons. The van der Waals surface area contributed by atoms with Crippen LogP contribution in [0.3, 0.4) is 0 Å². The quantitative estimate of drug-likeness (QED) is 0.663. The predicted molar refractivity (Wildman–Crippen MR) is 111 cm³/mol. The molecule has 28 heavy (non-hydrogen) atoms. The molecule has 6 heteroatoms. The maximum atomic E-state index is 12.4. The number of nitrogens with one attached hydrogen (secondary N) is 1. The molecule has 3 rings (SSSR count). The van der Waals surface area contributed by atoms with Gasteiger partial charge in [-0.3, -0.25) is 4.79 Å². The largest absolute Gasteiger partial charge is 0.493 e. The van der Waals surface area contributed by atoms with Crippen molar-refractivity contribution in [2.45, 2.75) is 51.5 Å². The van der Waals surface area contributed by atoms with Crippen molar-refractivity contribution in [1.29, 1.82) is 0 Å². The second kappa shape index (κ2) is 9.97. The van der Waals surface area contributed by atoms with Gasteiger partial charge in [0.2, 0.25) is 5.91 Å². The smallest absolute Gasteiger partial charge is 0.249 e. The molecule has 0 saturated heterocycles. The fourth-order valence-corrected chi connectivity index (χ4v) is 3.49. The van der Waals surface area contributed by atoms with E-state index in [1.54, 1.807) is 19.4 Å². The Hall–Kier alpha value is -2.76. The average molecular weight is 383 g/mol. The van der Waals surface area contributed by atoms with Crippen molar-refractivity contribution in [2.24, 2.45) is 0 Å². The summed E-state index contributed by atoms with van der Waals surface area (Å²) in [5.74, 6) is 1.94. The standard InChI is InChI=1S/C22H29N3O3/c1-3-15-28-19-11-9-17(16-20(19)27-2)10-12-22(26)24-21-13-14-23-25(21)18-7-5-4-6-8-18/h9-14,16,18H,3-8,15H2,1-2H3,(H,24,26)/b12-10+. The molecule has 1 aliphatic rings. The molecule has 0 radical (unpaired) electrons. The van der Waals surface area contributed by atoms with Gasteiger partial charge in [0.15, 0.2) is 11.5 Å². The molecular formula is C22H29N3O3. The summed E-state index contributed by atoms with van der Waals surface area (Å²) >= 11 is 0. The van der Waals surface area contributed by atoms with E-state index in [1.807, 2.05) is 28.9 Å². The number of carbonyl (C=O) groups excluding carboxylic acids is 1. The number of carbonyl (C=O) groups is 1. The lowest BCUT2D eigenvalue weighted by atomic mass is 9.96. The van der Waals surface area contributed by atoms with Crippen LogP contribution in [0.5, 0.6) is 11.5 Å². The highest BCUT2D eigenvalue weighted by atomic mass is 16.5. The second-order valence-electron chi connectivity index (χ2n) is 7.03. The van der Waals surface area contributed by atoms with Crippen LogP contribution in [0.4, 0.5) is 5.82 Å². The molecule has 0 unspecified atom stereocenters. The van der Waals surface area contributed by atoms with Crippen molar-refractivity contribution in [3.05, 3.63) is 42.1 Å². The molecule has 0 bridgehead atoms. The van der Waals surface area contributed by atoms with Crippen molar-refractivity contribution in [1.82, 2.24) is 9.78 Å². The molecule has 1 aromatic heterocycles. The number of nitrogens with zero attached hydrogens (tertiary/aromatic N) is 2. The van der Waals surface area contributed by atoms with Gasteiger partial charge < -0.3 is 14.8 Å². The van der Waals surface area contributed by atoms with E-state index in [0.29, 0.717) is 24.1 Å². The molecule has 1 aliphatic carbocycles. The Morgan fingerprint density at radius 2 is 2.07 bits per heavy atom. The molecule has 1 amide bonds. The number of hydrogen-bond donors (Lipinski definition) is 1. The highest BCUT2D eigenvalue weighted by Crippen LogP contribution is 2.30. The second-order valence-corrected chi connectivity index (χ2v) is 7.03. The predicted octanol–water partition coefficient (Wildman–Crippen LogP) is 4.84. The van der Waals surface area contributed by atoms with Crippen molar-refractivity contribution >= 4 is 17.8 Å². The van der Waals surface area contributed by atoms with Gasteiger partial charge in [-0.1, -0.05) is 32.3 Å². The van der Waals surface area contributed by atoms with Crippen molar-refractivity contribution in [3.8, 4) is 11.5 Å². The third-order valence-corrected chi connectivity index (χ3v) is 4.92. The van der Waals surface area contributed by atoms with Gasteiger partial charge >= 0.3 is 0 Å². The van der Waals surface area contributed by atoms with Crippen LogP contribution in [0.15, 0.2) is 36.5 Å². The Morgan fingerprint density at radius 1 is 1.25 bits per heavy atom. The fourth-order valence-electron chi connectivity index (χ4n) is 3.49. The normalized spacial score (nSPS) is 14.9. The summed E-state index contributed by atoms with van der Waals surface area (Å²) in [4.78, 5) is 12.4. The van der Waals surface area contributed by atoms with Gasteiger partial charge in [-0.15, -0.1) is 0 Å². The van der Waals surface area contributed by atoms with Crippen LogP contribution in [0.2, 0.25) is 0 Å². The summed E-state index contributed by atoms with van der Waals surface area (Å²) in [6.45, 7) is 2.70. The third-order valence-electron chi connectivity index (χ3n) is 4.92. The number of hydrogen-bond acceptors (Lipinski definition) is 4. The van der Waals surface area contributed by atoms with Crippen LogP contribution in [0, 0.1) is 0 Å². The number of ether oxygens (including phenoxy) is 2. The van der Waals surface area contributed by atoms with Crippen LogP contribution in [0.1, 0.15) is 57.1 Å². The Morgan fingerprint density at radius 3 is 2.82 bits per heavy atom. The molecule has 1 heterocycles. The van der Waals surface area contributed by atoms with Gasteiger partial charge in [0, 0.05) is 12.1 Å². The van der Waals surface area contributed by atoms with Crippen molar-refractivity contribution < 1.29 is 14.3 Å². The molecule has 0 aliphatic heterocycles. The minimum absolute atomic E-state index is 0.178. The maximum absolute atomic E-state index is 12.4. The van der Waals surface area contributed by atoms with Crippen molar-refractivity contribution in [2.75, 3.05) is 19.0 Å². The SMILES string of the molecule is CCCOc1ccc(/C=C/C(=O)Nc2ccnn2C2CCCCC2)cc1OC. The number of rotatable bonds is 8. The summed E-state index contributed by atoms with van der Waals surface area (Å²) < 4.78 is 13.0. The van der Waals surface area contributed by atoms with Gasteiger partial charge in [-0.2, -0.15) is 5.10 Å². The van der Waals surface area contributed by atoms with Crippen LogP contribution < -0.4 is 14.8 Å². The number of anilines is 1. The van der Waals surface area contributed by atoms with E-state index in [1.165, 1.54) is 25.3 Å². The first-order chi connectivity index (χ1) is 13.7. The summed E-state index contributed by atoms with van der Waals surface area (Å²) in [5.41, 5.74) is 0.872. The van der Waals surface area contributed by atoms with E-state index in [9.17, 15) is 4.79 Å². The Bertz CT molecular complexity index is 807.